The van der Waals surface area contributed by atoms with Crippen LogP contribution in [0.25, 0.3) is 0 Å². The van der Waals surface area contributed by atoms with Crippen molar-refractivity contribution in [1.82, 2.24) is 5.32 Å². The zero-order chi connectivity index (χ0) is 14.6. The highest BCUT2D eigenvalue weighted by molar-refractivity contribution is 7.10. The van der Waals surface area contributed by atoms with Crippen LogP contribution in [0.1, 0.15) is 24.6 Å². The van der Waals surface area contributed by atoms with E-state index in [0.717, 1.165) is 43.1 Å². The average molecular weight is 300 g/mol. The van der Waals surface area contributed by atoms with Crippen molar-refractivity contribution in [1.29, 1.82) is 0 Å². The van der Waals surface area contributed by atoms with Gasteiger partial charge in [0.15, 0.2) is 0 Å². The number of anilines is 1. The molecule has 6 heteroatoms. The first-order valence-corrected chi connectivity index (χ1v) is 7.73. The van der Waals surface area contributed by atoms with Crippen molar-refractivity contribution >= 4 is 22.9 Å². The van der Waals surface area contributed by atoms with E-state index in [2.05, 4.69) is 10.6 Å². The normalized spacial score (nSPS) is 10.7. The van der Waals surface area contributed by atoms with Crippen LogP contribution in [-0.4, -0.2) is 39.4 Å². The summed E-state index contributed by atoms with van der Waals surface area (Å²) < 4.78 is 10.3. The van der Waals surface area contributed by atoms with Crippen LogP contribution in [0.2, 0.25) is 0 Å². The van der Waals surface area contributed by atoms with Gasteiger partial charge in [0.25, 0.3) is 0 Å². The lowest BCUT2D eigenvalue weighted by atomic mass is 10.3. The van der Waals surface area contributed by atoms with Crippen molar-refractivity contribution < 1.29 is 14.3 Å². The first-order valence-electron chi connectivity index (χ1n) is 6.85. The van der Waals surface area contributed by atoms with E-state index in [9.17, 15) is 4.79 Å². The molecule has 0 bridgehead atoms. The maximum absolute atomic E-state index is 11.0. The van der Waals surface area contributed by atoms with Crippen LogP contribution >= 0.6 is 11.3 Å². The Labute approximate surface area is 124 Å². The minimum Gasteiger partial charge on any atom is -0.382 e. The van der Waals surface area contributed by atoms with Crippen LogP contribution in [0.15, 0.2) is 11.4 Å². The third-order valence-electron chi connectivity index (χ3n) is 2.67. The highest BCUT2D eigenvalue weighted by atomic mass is 32.1. The molecule has 0 aliphatic heterocycles. The molecular weight excluding hydrogens is 276 g/mol. The molecule has 0 aliphatic carbocycles. The van der Waals surface area contributed by atoms with Crippen LogP contribution in [0.3, 0.4) is 0 Å². The van der Waals surface area contributed by atoms with Gasteiger partial charge < -0.3 is 20.1 Å². The summed E-state index contributed by atoms with van der Waals surface area (Å²) >= 11 is 1.65. The predicted octanol–water partition coefficient (Wildman–Crippen LogP) is 2.24. The molecule has 0 spiro atoms. The van der Waals surface area contributed by atoms with Crippen LogP contribution < -0.4 is 10.6 Å². The topological polar surface area (TPSA) is 59.6 Å². The molecule has 0 saturated heterocycles. The number of unbranched alkanes of at least 4 members (excludes halogenated alkanes) is 1. The number of nitrogens with one attached hydrogen (secondary N) is 2. The Morgan fingerprint density at radius 1 is 1.30 bits per heavy atom. The Balaban J connectivity index is 2.04. The van der Waals surface area contributed by atoms with Gasteiger partial charge in [0.2, 0.25) is 5.91 Å². The first-order chi connectivity index (χ1) is 9.74. The van der Waals surface area contributed by atoms with Gasteiger partial charge in [0, 0.05) is 32.1 Å². The summed E-state index contributed by atoms with van der Waals surface area (Å²) in [6.45, 7) is 5.37. The third-order valence-corrected chi connectivity index (χ3v) is 3.59. The van der Waals surface area contributed by atoms with E-state index in [1.54, 1.807) is 18.4 Å². The lowest BCUT2D eigenvalue weighted by Crippen LogP contribution is -2.16. The fourth-order valence-corrected chi connectivity index (χ4v) is 2.48. The van der Waals surface area contributed by atoms with E-state index in [0.29, 0.717) is 13.2 Å². The van der Waals surface area contributed by atoms with E-state index >= 15 is 0 Å². The van der Waals surface area contributed by atoms with Crippen LogP contribution in [-0.2, 0) is 20.8 Å². The highest BCUT2D eigenvalue weighted by Gasteiger charge is 2.04. The van der Waals surface area contributed by atoms with Crippen LogP contribution in [0, 0.1) is 0 Å². The quantitative estimate of drug-likeness (QED) is 0.615. The van der Waals surface area contributed by atoms with Gasteiger partial charge in [-0.3, -0.25) is 4.79 Å². The van der Waals surface area contributed by atoms with Gasteiger partial charge in [0.05, 0.1) is 18.9 Å². The summed E-state index contributed by atoms with van der Waals surface area (Å²) in [4.78, 5) is 12.2. The Morgan fingerprint density at radius 2 is 2.15 bits per heavy atom. The molecule has 0 unspecified atom stereocenters. The summed E-state index contributed by atoms with van der Waals surface area (Å²) in [6, 6.07) is 1.94. The number of methoxy groups -OCH3 is 1. The molecule has 5 nitrogen and oxygen atoms in total. The van der Waals surface area contributed by atoms with Crippen molar-refractivity contribution in [3.05, 3.63) is 16.3 Å². The zero-order valence-electron chi connectivity index (χ0n) is 12.2. The second-order valence-corrected chi connectivity index (χ2v) is 5.43. The summed E-state index contributed by atoms with van der Waals surface area (Å²) in [5, 5.41) is 8.21. The third kappa shape index (κ3) is 7.59. The van der Waals surface area contributed by atoms with Crippen molar-refractivity contribution in [2.45, 2.75) is 26.3 Å². The van der Waals surface area contributed by atoms with Gasteiger partial charge in [0.1, 0.15) is 0 Å². The van der Waals surface area contributed by atoms with Gasteiger partial charge >= 0.3 is 0 Å². The van der Waals surface area contributed by atoms with Gasteiger partial charge in [-0.1, -0.05) is 0 Å². The fourth-order valence-electron chi connectivity index (χ4n) is 1.68. The number of carbonyl (C=O) groups excluding carboxylic acids is 1. The zero-order valence-corrected chi connectivity index (χ0v) is 13.1. The lowest BCUT2D eigenvalue weighted by molar-refractivity contribution is -0.114. The fraction of sp³-hybridized carbons (Fsp3) is 0.643. The Bertz CT molecular complexity index is 382. The van der Waals surface area contributed by atoms with E-state index in [1.807, 2.05) is 11.4 Å². The molecule has 0 radical (unpaired) electrons. The molecule has 1 heterocycles. The summed E-state index contributed by atoms with van der Waals surface area (Å²) in [7, 11) is 1.67. The summed E-state index contributed by atoms with van der Waals surface area (Å²) in [6.07, 6.45) is 2.12. The summed E-state index contributed by atoms with van der Waals surface area (Å²) in [5.74, 6) is -0.0298. The Morgan fingerprint density at radius 3 is 2.90 bits per heavy atom. The highest BCUT2D eigenvalue weighted by Crippen LogP contribution is 2.21. The standard InChI is InChI=1S/C14H24N2O3S/c1-12(17)16-13-5-10-20-14(13)11-15-6-3-4-7-19-9-8-18-2/h5,10,15H,3-4,6-9,11H2,1-2H3,(H,16,17). The molecule has 0 aliphatic rings. The van der Waals surface area contributed by atoms with E-state index in [-0.39, 0.29) is 5.91 Å². The molecule has 114 valence electrons. The van der Waals surface area contributed by atoms with E-state index in [1.165, 1.54) is 6.92 Å². The molecule has 0 saturated carbocycles. The maximum atomic E-state index is 11.0. The predicted molar refractivity (Wildman–Crippen MR) is 82.3 cm³/mol. The van der Waals surface area contributed by atoms with Gasteiger partial charge in [-0.25, -0.2) is 0 Å². The number of thiophene rings is 1. The molecule has 1 amide bonds. The molecule has 2 N–H and O–H groups in total. The second kappa shape index (κ2) is 10.8. The average Bonchev–Trinajstić information content (AvgIpc) is 2.83. The smallest absolute Gasteiger partial charge is 0.221 e. The van der Waals surface area contributed by atoms with Crippen LogP contribution in [0.4, 0.5) is 5.69 Å². The van der Waals surface area contributed by atoms with Crippen LogP contribution in [0.5, 0.6) is 0 Å². The van der Waals surface area contributed by atoms with Crippen molar-refractivity contribution in [2.24, 2.45) is 0 Å². The molecule has 1 aromatic heterocycles. The number of ether oxygens (including phenoxy) is 2. The Hall–Kier alpha value is -0.950. The number of carbonyl (C=O) groups is 1. The van der Waals surface area contributed by atoms with E-state index in [4.69, 9.17) is 9.47 Å². The SMILES string of the molecule is COCCOCCCCNCc1sccc1NC(C)=O. The summed E-state index contributed by atoms with van der Waals surface area (Å²) in [5.41, 5.74) is 0.915. The molecule has 0 atom stereocenters. The van der Waals surface area contributed by atoms with Crippen molar-refractivity contribution in [3.8, 4) is 0 Å². The monoisotopic (exact) mass is 300 g/mol. The lowest BCUT2D eigenvalue weighted by Gasteiger charge is -2.07. The minimum absolute atomic E-state index is 0.0298. The van der Waals surface area contributed by atoms with Gasteiger partial charge in [-0.05, 0) is 30.8 Å². The maximum Gasteiger partial charge on any atom is 0.221 e. The Kier molecular flexibility index (Phi) is 9.23. The molecule has 0 aromatic carbocycles. The molecular formula is C14H24N2O3S. The molecule has 1 rings (SSSR count). The van der Waals surface area contributed by atoms with E-state index < -0.39 is 0 Å². The van der Waals surface area contributed by atoms with Gasteiger partial charge in [-0.15, -0.1) is 11.3 Å². The van der Waals surface area contributed by atoms with Crippen molar-refractivity contribution in [2.75, 3.05) is 38.8 Å². The molecule has 1 aromatic rings. The minimum atomic E-state index is -0.0298. The number of amides is 1. The number of rotatable bonds is 11. The number of hydrogen-bond donors (Lipinski definition) is 2. The second-order valence-electron chi connectivity index (χ2n) is 4.43. The first kappa shape index (κ1) is 17.1. The number of hydrogen-bond acceptors (Lipinski definition) is 5. The largest absolute Gasteiger partial charge is 0.382 e. The molecule has 0 fully saturated rings. The molecule has 20 heavy (non-hydrogen) atoms. The van der Waals surface area contributed by atoms with Crippen molar-refractivity contribution in [3.63, 3.8) is 0 Å². The van der Waals surface area contributed by atoms with Gasteiger partial charge in [-0.2, -0.15) is 0 Å².